The van der Waals surface area contributed by atoms with E-state index in [0.29, 0.717) is 5.41 Å². The predicted octanol–water partition coefficient (Wildman–Crippen LogP) is 4.21. The van der Waals surface area contributed by atoms with Gasteiger partial charge in [0.25, 0.3) is 0 Å². The van der Waals surface area contributed by atoms with E-state index in [4.69, 9.17) is 9.47 Å². The molecule has 1 heterocycles. The van der Waals surface area contributed by atoms with Gasteiger partial charge in [0.05, 0.1) is 13.2 Å². The molecule has 1 atom stereocenters. The first-order chi connectivity index (χ1) is 14.7. The number of nitrogens with one attached hydrogen (secondary N) is 2. The van der Waals surface area contributed by atoms with Crippen molar-refractivity contribution in [2.75, 3.05) is 54.1 Å². The van der Waals surface area contributed by atoms with Gasteiger partial charge in [0.1, 0.15) is 5.75 Å². The van der Waals surface area contributed by atoms with Crippen LogP contribution in [0.4, 0.5) is 0 Å². The number of piperidine rings is 1. The molecule has 0 bridgehead atoms. The fourth-order valence-electron chi connectivity index (χ4n) is 4.80. The number of rotatable bonds is 10. The minimum absolute atomic E-state index is 0. The molecule has 31 heavy (non-hydrogen) atoms. The quantitative estimate of drug-likeness (QED) is 0.263. The van der Waals surface area contributed by atoms with Gasteiger partial charge in [0.15, 0.2) is 5.96 Å². The van der Waals surface area contributed by atoms with Crippen LogP contribution in [0, 0.1) is 5.41 Å². The fraction of sp³-hybridized carbons (Fsp3) is 0.708. The summed E-state index contributed by atoms with van der Waals surface area (Å²) < 4.78 is 11.0. The lowest BCUT2D eigenvalue weighted by molar-refractivity contribution is 0.0732. The fourth-order valence-corrected chi connectivity index (χ4v) is 4.80. The molecule has 0 radical (unpaired) electrons. The molecule has 6 nitrogen and oxygen atoms in total. The zero-order valence-corrected chi connectivity index (χ0v) is 21.8. The summed E-state index contributed by atoms with van der Waals surface area (Å²) in [7, 11) is 5.41. The third kappa shape index (κ3) is 7.22. The normalized spacial score (nSPS) is 19.6. The maximum atomic E-state index is 5.69. The number of para-hydroxylation sites is 1. The van der Waals surface area contributed by atoms with Crippen LogP contribution >= 0.6 is 24.0 Å². The molecule has 1 aromatic rings. The van der Waals surface area contributed by atoms with Crippen LogP contribution in [0.1, 0.15) is 56.6 Å². The van der Waals surface area contributed by atoms with Gasteiger partial charge in [-0.1, -0.05) is 31.0 Å². The van der Waals surface area contributed by atoms with Crippen LogP contribution < -0.4 is 15.4 Å². The highest BCUT2D eigenvalue weighted by molar-refractivity contribution is 14.0. The number of halogens is 1. The smallest absolute Gasteiger partial charge is 0.191 e. The average Bonchev–Trinajstić information content (AvgIpc) is 2.77. The summed E-state index contributed by atoms with van der Waals surface area (Å²) in [5, 5.41) is 7.20. The molecule has 2 fully saturated rings. The zero-order chi connectivity index (χ0) is 21.2. The summed E-state index contributed by atoms with van der Waals surface area (Å²) in [6.07, 6.45) is 8.85. The average molecular weight is 545 g/mol. The van der Waals surface area contributed by atoms with Crippen LogP contribution in [0.3, 0.4) is 0 Å². The number of benzene rings is 1. The lowest BCUT2D eigenvalue weighted by atomic mass is 9.67. The third-order valence-corrected chi connectivity index (χ3v) is 6.90. The van der Waals surface area contributed by atoms with E-state index in [9.17, 15) is 0 Å². The van der Waals surface area contributed by atoms with Crippen molar-refractivity contribution in [1.82, 2.24) is 15.5 Å². The Bertz CT molecular complexity index is 675. The molecular formula is C24H41IN4O2. The summed E-state index contributed by atoms with van der Waals surface area (Å²) in [4.78, 5) is 7.09. The van der Waals surface area contributed by atoms with E-state index in [1.54, 1.807) is 14.2 Å². The lowest BCUT2D eigenvalue weighted by Crippen LogP contribution is -2.49. The Morgan fingerprint density at radius 3 is 2.45 bits per heavy atom. The first-order valence-electron chi connectivity index (χ1n) is 11.5. The van der Waals surface area contributed by atoms with E-state index in [1.807, 2.05) is 13.1 Å². The number of methoxy groups -OCH3 is 2. The molecule has 7 heteroatoms. The van der Waals surface area contributed by atoms with E-state index >= 15 is 0 Å². The maximum absolute atomic E-state index is 5.69. The van der Waals surface area contributed by atoms with Crippen LogP contribution in [-0.2, 0) is 4.74 Å². The summed E-state index contributed by atoms with van der Waals surface area (Å²) >= 11 is 0. The second kappa shape index (κ2) is 13.5. The van der Waals surface area contributed by atoms with Gasteiger partial charge in [0, 0.05) is 39.4 Å². The van der Waals surface area contributed by atoms with Crippen LogP contribution in [0.2, 0.25) is 0 Å². The minimum Gasteiger partial charge on any atom is -0.496 e. The van der Waals surface area contributed by atoms with Gasteiger partial charge in [-0.25, -0.2) is 0 Å². The first-order valence-corrected chi connectivity index (χ1v) is 11.5. The van der Waals surface area contributed by atoms with Crippen molar-refractivity contribution >= 4 is 29.9 Å². The van der Waals surface area contributed by atoms with E-state index in [-0.39, 0.29) is 30.0 Å². The number of hydrogen-bond acceptors (Lipinski definition) is 4. The highest BCUT2D eigenvalue weighted by atomic mass is 127. The van der Waals surface area contributed by atoms with E-state index < -0.39 is 0 Å². The highest BCUT2D eigenvalue weighted by Crippen LogP contribution is 2.43. The van der Waals surface area contributed by atoms with Crippen LogP contribution in [-0.4, -0.2) is 64.9 Å². The number of likely N-dealkylation sites (tertiary alicyclic amines) is 1. The third-order valence-electron chi connectivity index (χ3n) is 6.90. The molecule has 1 saturated heterocycles. The summed E-state index contributed by atoms with van der Waals surface area (Å²) in [5.74, 6) is 1.85. The molecule has 1 aromatic carbocycles. The Morgan fingerprint density at radius 2 is 1.84 bits per heavy atom. The van der Waals surface area contributed by atoms with Crippen molar-refractivity contribution in [2.45, 2.75) is 51.0 Å². The molecule has 2 aliphatic rings. The SMILES string of the molecule is CN=C(NCC(c1ccccc1OC)N1CCCCC1)NCC1(CCOC)CCC1.I. The van der Waals surface area contributed by atoms with Crippen LogP contribution in [0.5, 0.6) is 5.75 Å². The molecule has 1 unspecified atom stereocenters. The Labute approximate surface area is 205 Å². The molecular weight excluding hydrogens is 503 g/mol. The van der Waals surface area contributed by atoms with Crippen molar-refractivity contribution in [3.8, 4) is 5.75 Å². The molecule has 1 aliphatic heterocycles. The molecule has 1 aliphatic carbocycles. The summed E-state index contributed by atoms with van der Waals surface area (Å²) in [5.41, 5.74) is 1.61. The van der Waals surface area contributed by atoms with Crippen molar-refractivity contribution in [3.63, 3.8) is 0 Å². The molecule has 0 amide bonds. The van der Waals surface area contributed by atoms with Gasteiger partial charge in [0.2, 0.25) is 0 Å². The van der Waals surface area contributed by atoms with Crippen LogP contribution in [0.15, 0.2) is 29.3 Å². The largest absolute Gasteiger partial charge is 0.496 e. The number of ether oxygens (including phenoxy) is 2. The maximum Gasteiger partial charge on any atom is 0.191 e. The highest BCUT2D eigenvalue weighted by Gasteiger charge is 2.36. The number of aliphatic imine (C=N–C) groups is 1. The van der Waals surface area contributed by atoms with E-state index in [1.165, 1.54) is 44.1 Å². The van der Waals surface area contributed by atoms with Crippen molar-refractivity contribution in [2.24, 2.45) is 10.4 Å². The standard InChI is InChI=1S/C24H40N4O2.HI/c1-25-23(27-19-24(12-9-13-24)14-17-29-2)26-18-21(28-15-7-4-8-16-28)20-10-5-6-11-22(20)30-3;/h5-6,10-11,21H,4,7-9,12-19H2,1-3H3,(H2,25,26,27);1H. The van der Waals surface area contributed by atoms with Crippen molar-refractivity contribution in [1.29, 1.82) is 0 Å². The molecule has 2 N–H and O–H groups in total. The molecule has 0 spiro atoms. The molecule has 3 rings (SSSR count). The Hall–Kier alpha value is -1.06. The molecule has 0 aromatic heterocycles. The van der Waals surface area contributed by atoms with Gasteiger partial charge in [-0.3, -0.25) is 9.89 Å². The Balaban J connectivity index is 0.00000341. The summed E-state index contributed by atoms with van der Waals surface area (Å²) in [6, 6.07) is 8.69. The zero-order valence-electron chi connectivity index (χ0n) is 19.5. The van der Waals surface area contributed by atoms with Crippen molar-refractivity contribution < 1.29 is 9.47 Å². The van der Waals surface area contributed by atoms with Gasteiger partial charge >= 0.3 is 0 Å². The van der Waals surface area contributed by atoms with Gasteiger partial charge in [-0.05, 0) is 56.7 Å². The number of nitrogens with zero attached hydrogens (tertiary/aromatic N) is 2. The minimum atomic E-state index is 0. The van der Waals surface area contributed by atoms with Gasteiger partial charge < -0.3 is 20.1 Å². The molecule has 1 saturated carbocycles. The lowest BCUT2D eigenvalue weighted by Gasteiger charge is -2.42. The number of hydrogen-bond donors (Lipinski definition) is 2. The number of guanidine groups is 1. The summed E-state index contributed by atoms with van der Waals surface area (Å²) in [6.45, 7) is 4.87. The second-order valence-electron chi connectivity index (χ2n) is 8.76. The predicted molar refractivity (Wildman–Crippen MR) is 139 cm³/mol. The van der Waals surface area contributed by atoms with E-state index in [0.717, 1.165) is 50.9 Å². The Morgan fingerprint density at radius 1 is 1.10 bits per heavy atom. The Kier molecular flexibility index (Phi) is 11.4. The van der Waals surface area contributed by atoms with Crippen LogP contribution in [0.25, 0.3) is 0 Å². The molecule has 176 valence electrons. The monoisotopic (exact) mass is 544 g/mol. The van der Waals surface area contributed by atoms with Gasteiger partial charge in [-0.15, -0.1) is 24.0 Å². The first kappa shape index (κ1) is 26.2. The van der Waals surface area contributed by atoms with E-state index in [2.05, 4.69) is 38.7 Å². The van der Waals surface area contributed by atoms with Gasteiger partial charge in [-0.2, -0.15) is 0 Å². The topological polar surface area (TPSA) is 58.1 Å². The van der Waals surface area contributed by atoms with Crippen molar-refractivity contribution in [3.05, 3.63) is 29.8 Å². The second-order valence-corrected chi connectivity index (χ2v) is 8.76.